The predicted molar refractivity (Wildman–Crippen MR) is 94.8 cm³/mol. The number of amides is 1. The summed E-state index contributed by atoms with van der Waals surface area (Å²) >= 11 is 0. The third-order valence-corrected chi connectivity index (χ3v) is 6.57. The molecule has 3 rings (SSSR count). The van der Waals surface area contributed by atoms with E-state index >= 15 is 0 Å². The zero-order valence-electron chi connectivity index (χ0n) is 13.9. The van der Waals surface area contributed by atoms with Crippen molar-refractivity contribution in [3.63, 3.8) is 0 Å². The molecule has 0 bridgehead atoms. The van der Waals surface area contributed by atoms with Crippen LogP contribution in [-0.2, 0) is 10.0 Å². The molecule has 132 valence electrons. The molecule has 0 saturated carbocycles. The fourth-order valence-corrected chi connectivity index (χ4v) is 4.82. The van der Waals surface area contributed by atoms with E-state index in [1.165, 1.54) is 4.31 Å². The van der Waals surface area contributed by atoms with Gasteiger partial charge in [-0.1, -0.05) is 12.1 Å². The molecule has 2 aliphatic heterocycles. The van der Waals surface area contributed by atoms with E-state index in [-0.39, 0.29) is 18.2 Å². The number of carbonyl (C=O) groups is 1. The molecule has 1 aromatic rings. The Balaban J connectivity index is 1.59. The third kappa shape index (κ3) is 3.89. The third-order valence-electron chi connectivity index (χ3n) is 4.70. The first-order chi connectivity index (χ1) is 11.6. The van der Waals surface area contributed by atoms with Gasteiger partial charge >= 0.3 is 0 Å². The Kier molecular flexibility index (Phi) is 5.40. The van der Waals surface area contributed by atoms with Gasteiger partial charge in [0.15, 0.2) is 0 Å². The summed E-state index contributed by atoms with van der Waals surface area (Å²) in [6, 6.07) is 7.54. The Hall–Kier alpha value is -1.60. The molecule has 1 N–H and O–H groups in total. The summed E-state index contributed by atoms with van der Waals surface area (Å²) in [5.74, 6) is -0.237. The van der Waals surface area contributed by atoms with Gasteiger partial charge in [0.1, 0.15) is 0 Å². The fraction of sp³-hybridized carbons (Fsp3) is 0.588. The monoisotopic (exact) mass is 351 g/mol. The summed E-state index contributed by atoms with van der Waals surface area (Å²) in [7, 11) is -3.26. The lowest BCUT2D eigenvalue weighted by molar-refractivity contribution is 0.0956. The second kappa shape index (κ2) is 7.53. The standard InChI is InChI=1S/C17H25N3O3S/c21-17(18-9-14-24(22,23)20-12-5-6-13-20)15-7-1-2-8-16(15)19-10-3-4-11-19/h1-2,7-8H,3-6,9-14H2,(H,18,21). The van der Waals surface area contributed by atoms with Crippen molar-refractivity contribution < 1.29 is 13.2 Å². The number of anilines is 1. The Labute approximate surface area is 143 Å². The van der Waals surface area contributed by atoms with Gasteiger partial charge in [0.05, 0.1) is 11.3 Å². The number of carbonyl (C=O) groups excluding carboxylic acids is 1. The molecule has 6 nitrogen and oxygen atoms in total. The number of nitrogens with zero attached hydrogens (tertiary/aromatic N) is 2. The van der Waals surface area contributed by atoms with E-state index in [1.807, 2.05) is 18.2 Å². The largest absolute Gasteiger partial charge is 0.371 e. The average molecular weight is 351 g/mol. The van der Waals surface area contributed by atoms with E-state index < -0.39 is 10.0 Å². The lowest BCUT2D eigenvalue weighted by Crippen LogP contribution is -2.36. The zero-order chi connectivity index (χ0) is 17.0. The number of hydrogen-bond donors (Lipinski definition) is 1. The molecule has 2 fully saturated rings. The van der Waals surface area contributed by atoms with Crippen LogP contribution in [0.3, 0.4) is 0 Å². The highest BCUT2D eigenvalue weighted by Crippen LogP contribution is 2.24. The SMILES string of the molecule is O=C(NCCS(=O)(=O)N1CCCC1)c1ccccc1N1CCCC1. The summed E-state index contributed by atoms with van der Waals surface area (Å²) < 4.78 is 25.9. The Morgan fingerprint density at radius 3 is 2.33 bits per heavy atom. The first-order valence-electron chi connectivity index (χ1n) is 8.68. The summed E-state index contributed by atoms with van der Waals surface area (Å²) in [4.78, 5) is 14.7. The second-order valence-corrected chi connectivity index (χ2v) is 8.48. The van der Waals surface area contributed by atoms with Crippen LogP contribution in [0.5, 0.6) is 0 Å². The Bertz CT molecular complexity index is 678. The Morgan fingerprint density at radius 1 is 1.00 bits per heavy atom. The van der Waals surface area contributed by atoms with Crippen LogP contribution in [0.1, 0.15) is 36.0 Å². The second-order valence-electron chi connectivity index (χ2n) is 6.39. The zero-order valence-corrected chi connectivity index (χ0v) is 14.7. The van der Waals surface area contributed by atoms with Gasteiger partial charge in [0.25, 0.3) is 5.91 Å². The van der Waals surface area contributed by atoms with E-state index in [2.05, 4.69) is 10.2 Å². The van der Waals surface area contributed by atoms with Gasteiger partial charge in [-0.3, -0.25) is 4.79 Å². The van der Waals surface area contributed by atoms with Crippen molar-refractivity contribution in [1.29, 1.82) is 0 Å². The van der Waals surface area contributed by atoms with Crippen LogP contribution in [0.4, 0.5) is 5.69 Å². The number of sulfonamides is 1. The number of rotatable bonds is 6. The maximum absolute atomic E-state index is 12.5. The van der Waals surface area contributed by atoms with E-state index in [1.54, 1.807) is 6.07 Å². The summed E-state index contributed by atoms with van der Waals surface area (Å²) in [5, 5.41) is 2.77. The highest BCUT2D eigenvalue weighted by molar-refractivity contribution is 7.89. The molecule has 1 aromatic carbocycles. The van der Waals surface area contributed by atoms with Gasteiger partial charge in [-0.2, -0.15) is 0 Å². The molecule has 0 spiro atoms. The van der Waals surface area contributed by atoms with Gasteiger partial charge in [-0.25, -0.2) is 12.7 Å². The molecular formula is C17H25N3O3S. The first-order valence-corrected chi connectivity index (χ1v) is 10.3. The molecule has 0 unspecified atom stereocenters. The van der Waals surface area contributed by atoms with Crippen LogP contribution in [0.15, 0.2) is 24.3 Å². The maximum atomic E-state index is 12.5. The van der Waals surface area contributed by atoms with Crippen molar-refractivity contribution in [3.8, 4) is 0 Å². The van der Waals surface area contributed by atoms with Crippen LogP contribution in [0.2, 0.25) is 0 Å². The quantitative estimate of drug-likeness (QED) is 0.842. The predicted octanol–water partition coefficient (Wildman–Crippen LogP) is 1.44. The smallest absolute Gasteiger partial charge is 0.253 e. The van der Waals surface area contributed by atoms with E-state index in [0.29, 0.717) is 18.7 Å². The van der Waals surface area contributed by atoms with Crippen molar-refractivity contribution in [2.45, 2.75) is 25.7 Å². The number of para-hydroxylation sites is 1. The lowest BCUT2D eigenvalue weighted by Gasteiger charge is -2.21. The van der Waals surface area contributed by atoms with E-state index in [4.69, 9.17) is 0 Å². The van der Waals surface area contributed by atoms with E-state index in [0.717, 1.165) is 44.5 Å². The molecule has 0 radical (unpaired) electrons. The first kappa shape index (κ1) is 17.2. The summed E-state index contributed by atoms with van der Waals surface area (Å²) in [6.45, 7) is 3.29. The average Bonchev–Trinajstić information content (AvgIpc) is 3.28. The molecule has 2 heterocycles. The van der Waals surface area contributed by atoms with Crippen molar-refractivity contribution in [3.05, 3.63) is 29.8 Å². The van der Waals surface area contributed by atoms with Gasteiger partial charge in [0.2, 0.25) is 10.0 Å². The van der Waals surface area contributed by atoms with Crippen LogP contribution >= 0.6 is 0 Å². The maximum Gasteiger partial charge on any atom is 0.253 e. The lowest BCUT2D eigenvalue weighted by atomic mass is 10.1. The van der Waals surface area contributed by atoms with Crippen molar-refractivity contribution in [2.24, 2.45) is 0 Å². The number of benzene rings is 1. The minimum Gasteiger partial charge on any atom is -0.371 e. The molecular weight excluding hydrogens is 326 g/mol. The minimum absolute atomic E-state index is 0.0371. The fourth-order valence-electron chi connectivity index (χ4n) is 3.38. The van der Waals surface area contributed by atoms with Crippen LogP contribution in [0, 0.1) is 0 Å². The highest BCUT2D eigenvalue weighted by atomic mass is 32.2. The molecule has 0 aliphatic carbocycles. The Morgan fingerprint density at radius 2 is 1.62 bits per heavy atom. The van der Waals surface area contributed by atoms with Crippen LogP contribution < -0.4 is 10.2 Å². The number of nitrogens with one attached hydrogen (secondary N) is 1. The molecule has 2 saturated heterocycles. The highest BCUT2D eigenvalue weighted by Gasteiger charge is 2.25. The number of hydrogen-bond acceptors (Lipinski definition) is 4. The van der Waals surface area contributed by atoms with E-state index in [9.17, 15) is 13.2 Å². The van der Waals surface area contributed by atoms with Crippen molar-refractivity contribution >= 4 is 21.6 Å². The molecule has 24 heavy (non-hydrogen) atoms. The molecule has 2 aliphatic rings. The van der Waals surface area contributed by atoms with Gasteiger partial charge < -0.3 is 10.2 Å². The van der Waals surface area contributed by atoms with Crippen molar-refractivity contribution in [1.82, 2.24) is 9.62 Å². The van der Waals surface area contributed by atoms with Crippen molar-refractivity contribution in [2.75, 3.05) is 43.4 Å². The summed E-state index contributed by atoms with van der Waals surface area (Å²) in [5.41, 5.74) is 1.56. The topological polar surface area (TPSA) is 69.7 Å². The normalized spacial score (nSPS) is 18.9. The van der Waals surface area contributed by atoms with Crippen LogP contribution in [-0.4, -0.2) is 57.1 Å². The molecule has 1 amide bonds. The molecule has 0 aromatic heterocycles. The summed E-state index contributed by atoms with van der Waals surface area (Å²) in [6.07, 6.45) is 4.14. The van der Waals surface area contributed by atoms with Gasteiger partial charge in [-0.05, 0) is 37.8 Å². The molecule has 0 atom stereocenters. The van der Waals surface area contributed by atoms with Gasteiger partial charge in [0, 0.05) is 38.4 Å². The minimum atomic E-state index is -3.26. The van der Waals surface area contributed by atoms with Gasteiger partial charge in [-0.15, -0.1) is 0 Å². The van der Waals surface area contributed by atoms with Crippen LogP contribution in [0.25, 0.3) is 0 Å². The molecule has 7 heteroatoms.